The largest absolute Gasteiger partial charge is 0.461 e. The van der Waals surface area contributed by atoms with Crippen molar-refractivity contribution in [3.05, 3.63) is 45.0 Å². The average Bonchev–Trinajstić information content (AvgIpc) is 3.04. The van der Waals surface area contributed by atoms with E-state index in [9.17, 15) is 9.59 Å². The highest BCUT2D eigenvalue weighted by atomic mass is 16.4. The minimum absolute atomic E-state index is 0.0353. The third-order valence-electron chi connectivity index (χ3n) is 5.80. The van der Waals surface area contributed by atoms with Crippen molar-refractivity contribution in [2.75, 3.05) is 27.2 Å². The number of furan rings is 1. The van der Waals surface area contributed by atoms with E-state index in [0.29, 0.717) is 17.7 Å². The fourth-order valence-corrected chi connectivity index (χ4v) is 4.19. The molecule has 0 spiro atoms. The summed E-state index contributed by atoms with van der Waals surface area (Å²) in [7, 11) is 4.00. The maximum absolute atomic E-state index is 12.6. The van der Waals surface area contributed by atoms with Gasteiger partial charge >= 0.3 is 5.63 Å². The first kappa shape index (κ1) is 19.7. The van der Waals surface area contributed by atoms with Crippen LogP contribution in [0.25, 0.3) is 21.9 Å². The maximum atomic E-state index is 12.6. The molecule has 1 aliphatic rings. The Kier molecular flexibility index (Phi) is 5.46. The zero-order valence-electron chi connectivity index (χ0n) is 17.4. The second-order valence-corrected chi connectivity index (χ2v) is 8.23. The molecule has 0 aliphatic heterocycles. The Hall–Kier alpha value is -2.60. The van der Waals surface area contributed by atoms with Gasteiger partial charge in [0, 0.05) is 35.4 Å². The van der Waals surface area contributed by atoms with Crippen LogP contribution in [0.3, 0.4) is 0 Å². The molecule has 2 aromatic heterocycles. The van der Waals surface area contributed by atoms with Crippen LogP contribution in [0.1, 0.15) is 41.7 Å². The van der Waals surface area contributed by atoms with Crippen LogP contribution in [0.5, 0.6) is 0 Å². The lowest BCUT2D eigenvalue weighted by Crippen LogP contribution is -2.30. The number of benzene rings is 1. The van der Waals surface area contributed by atoms with Crippen molar-refractivity contribution in [3.63, 3.8) is 0 Å². The van der Waals surface area contributed by atoms with Crippen LogP contribution in [-0.4, -0.2) is 38.0 Å². The van der Waals surface area contributed by atoms with Crippen molar-refractivity contribution < 1.29 is 13.6 Å². The van der Waals surface area contributed by atoms with Gasteiger partial charge in [-0.1, -0.05) is 0 Å². The molecule has 0 saturated heterocycles. The van der Waals surface area contributed by atoms with E-state index in [2.05, 4.69) is 16.3 Å². The predicted molar refractivity (Wildman–Crippen MR) is 114 cm³/mol. The molecule has 0 saturated carbocycles. The predicted octanol–water partition coefficient (Wildman–Crippen LogP) is 3.34. The Labute approximate surface area is 169 Å². The summed E-state index contributed by atoms with van der Waals surface area (Å²) in [5.41, 5.74) is 3.36. The second-order valence-electron chi connectivity index (χ2n) is 8.23. The fourth-order valence-electron chi connectivity index (χ4n) is 4.19. The van der Waals surface area contributed by atoms with Crippen molar-refractivity contribution >= 4 is 27.8 Å². The minimum Gasteiger partial charge on any atom is -0.461 e. The number of carbonyl (C=O) groups is 1. The normalized spacial score (nSPS) is 13.9. The van der Waals surface area contributed by atoms with Crippen LogP contribution in [-0.2, 0) is 24.1 Å². The van der Waals surface area contributed by atoms with Crippen LogP contribution in [0.2, 0.25) is 0 Å². The average molecular weight is 396 g/mol. The molecule has 2 heterocycles. The molecule has 29 heavy (non-hydrogen) atoms. The summed E-state index contributed by atoms with van der Waals surface area (Å²) >= 11 is 0. The van der Waals surface area contributed by atoms with Gasteiger partial charge in [-0.2, -0.15) is 0 Å². The highest BCUT2D eigenvalue weighted by Gasteiger charge is 2.21. The number of fused-ring (bicyclic) bond motifs is 4. The first-order chi connectivity index (χ1) is 13.9. The number of nitrogens with zero attached hydrogens (tertiary/aromatic N) is 1. The first-order valence-corrected chi connectivity index (χ1v) is 10.4. The van der Waals surface area contributed by atoms with Crippen molar-refractivity contribution in [2.45, 2.75) is 45.4 Å². The van der Waals surface area contributed by atoms with Gasteiger partial charge in [-0.15, -0.1) is 0 Å². The highest BCUT2D eigenvalue weighted by Crippen LogP contribution is 2.35. The SMILES string of the molecule is Cc1c(CC(=O)NCCCN(C)C)c(=O)oc2cc3oc4c(c3cc12)CCCC4. The van der Waals surface area contributed by atoms with Gasteiger partial charge < -0.3 is 19.1 Å². The summed E-state index contributed by atoms with van der Waals surface area (Å²) in [4.78, 5) is 27.0. The Morgan fingerprint density at radius 1 is 1.10 bits per heavy atom. The van der Waals surface area contributed by atoms with E-state index in [-0.39, 0.29) is 12.3 Å². The Morgan fingerprint density at radius 3 is 2.66 bits per heavy atom. The molecule has 0 fully saturated rings. The molecule has 154 valence electrons. The second kappa shape index (κ2) is 8.03. The third kappa shape index (κ3) is 3.94. The van der Waals surface area contributed by atoms with E-state index < -0.39 is 5.63 Å². The molecule has 1 amide bonds. The monoisotopic (exact) mass is 396 g/mol. The Morgan fingerprint density at radius 2 is 1.86 bits per heavy atom. The summed E-state index contributed by atoms with van der Waals surface area (Å²) in [6.07, 6.45) is 5.20. The highest BCUT2D eigenvalue weighted by molar-refractivity contribution is 5.97. The number of rotatable bonds is 6. The lowest BCUT2D eigenvalue weighted by Gasteiger charge is -2.11. The molecule has 6 nitrogen and oxygen atoms in total. The van der Waals surface area contributed by atoms with Crippen LogP contribution in [0, 0.1) is 6.92 Å². The zero-order valence-corrected chi connectivity index (χ0v) is 17.4. The van der Waals surface area contributed by atoms with Crippen LogP contribution in [0.15, 0.2) is 25.8 Å². The van der Waals surface area contributed by atoms with Gasteiger partial charge in [-0.25, -0.2) is 4.79 Å². The van der Waals surface area contributed by atoms with E-state index >= 15 is 0 Å². The molecule has 0 unspecified atom stereocenters. The fraction of sp³-hybridized carbons (Fsp3) is 0.478. The molecule has 1 aromatic carbocycles. The molecule has 3 aromatic rings. The lowest BCUT2D eigenvalue weighted by atomic mass is 9.94. The first-order valence-electron chi connectivity index (χ1n) is 10.4. The van der Waals surface area contributed by atoms with E-state index in [1.807, 2.05) is 27.1 Å². The summed E-state index contributed by atoms with van der Waals surface area (Å²) < 4.78 is 11.6. The molecular formula is C23H28N2O4. The van der Waals surface area contributed by atoms with Crippen LogP contribution < -0.4 is 10.9 Å². The Bertz CT molecular complexity index is 1120. The number of carbonyl (C=O) groups excluding carboxylic acids is 1. The molecule has 0 bridgehead atoms. The topological polar surface area (TPSA) is 75.7 Å². The molecule has 0 atom stereocenters. The van der Waals surface area contributed by atoms with Gasteiger partial charge in [0.25, 0.3) is 0 Å². The van der Waals surface area contributed by atoms with Gasteiger partial charge in [0.1, 0.15) is 16.9 Å². The van der Waals surface area contributed by atoms with Gasteiger partial charge in [-0.3, -0.25) is 4.79 Å². The van der Waals surface area contributed by atoms with Crippen molar-refractivity contribution in [2.24, 2.45) is 0 Å². The third-order valence-corrected chi connectivity index (χ3v) is 5.80. The number of aryl methyl sites for hydroxylation is 3. The maximum Gasteiger partial charge on any atom is 0.340 e. The van der Waals surface area contributed by atoms with Gasteiger partial charge in [-0.05, 0) is 64.9 Å². The van der Waals surface area contributed by atoms with Gasteiger partial charge in [0.15, 0.2) is 0 Å². The van der Waals surface area contributed by atoms with Crippen LogP contribution in [0.4, 0.5) is 0 Å². The summed E-state index contributed by atoms with van der Waals surface area (Å²) in [5, 5.41) is 4.87. The van der Waals surface area contributed by atoms with Crippen molar-refractivity contribution in [1.29, 1.82) is 0 Å². The number of hydrogen-bond donors (Lipinski definition) is 1. The van der Waals surface area contributed by atoms with Crippen molar-refractivity contribution in [1.82, 2.24) is 10.2 Å². The Balaban J connectivity index is 1.64. The van der Waals surface area contributed by atoms with Gasteiger partial charge in [0.2, 0.25) is 5.91 Å². The zero-order chi connectivity index (χ0) is 20.5. The summed E-state index contributed by atoms with van der Waals surface area (Å²) in [6, 6.07) is 3.89. The minimum atomic E-state index is -0.450. The van der Waals surface area contributed by atoms with E-state index in [4.69, 9.17) is 8.83 Å². The number of hydrogen-bond acceptors (Lipinski definition) is 5. The van der Waals surface area contributed by atoms with E-state index in [1.54, 1.807) is 0 Å². The molecule has 6 heteroatoms. The van der Waals surface area contributed by atoms with Crippen LogP contribution >= 0.6 is 0 Å². The van der Waals surface area contributed by atoms with Crippen molar-refractivity contribution in [3.8, 4) is 0 Å². The van der Waals surface area contributed by atoms with E-state index in [0.717, 1.165) is 59.9 Å². The number of nitrogens with one attached hydrogen (secondary N) is 1. The summed E-state index contributed by atoms with van der Waals surface area (Å²) in [5.74, 6) is 0.902. The quantitative estimate of drug-likeness (QED) is 0.511. The smallest absolute Gasteiger partial charge is 0.340 e. The summed E-state index contributed by atoms with van der Waals surface area (Å²) in [6.45, 7) is 3.39. The van der Waals surface area contributed by atoms with Gasteiger partial charge in [0.05, 0.1) is 12.0 Å². The molecular weight excluding hydrogens is 368 g/mol. The molecule has 0 radical (unpaired) electrons. The molecule has 1 N–H and O–H groups in total. The standard InChI is InChI=1S/C23H28N2O4/c1-14-16-11-18-15-7-4-5-8-19(15)28-21(18)13-20(16)29-23(27)17(14)12-22(26)24-9-6-10-25(2)3/h11,13H,4-10,12H2,1-3H3,(H,24,26). The molecule has 4 rings (SSSR count). The van der Waals surface area contributed by atoms with E-state index in [1.165, 1.54) is 12.0 Å². The number of amides is 1. The lowest BCUT2D eigenvalue weighted by molar-refractivity contribution is -0.120. The molecule has 1 aliphatic carbocycles.